The van der Waals surface area contributed by atoms with Gasteiger partial charge in [-0.05, 0) is 38.5 Å². The molecule has 0 saturated heterocycles. The highest BCUT2D eigenvalue weighted by atomic mass is 31.2. The monoisotopic (exact) mass is 345 g/mol. The summed E-state index contributed by atoms with van der Waals surface area (Å²) in [5, 5.41) is 0. The lowest BCUT2D eigenvalue weighted by Gasteiger charge is -2.28. The second-order valence-corrected chi connectivity index (χ2v) is 11.9. The Hall–Kier alpha value is 0.390. The summed E-state index contributed by atoms with van der Waals surface area (Å²) < 4.78 is 5.51. The highest BCUT2D eigenvalue weighted by Crippen LogP contribution is 2.60. The van der Waals surface area contributed by atoms with E-state index in [4.69, 9.17) is 4.74 Å². The maximum atomic E-state index is 5.51. The summed E-state index contributed by atoms with van der Waals surface area (Å²) in [5.41, 5.74) is 0. The molecule has 1 nitrogen and oxygen atoms in total. The predicted molar refractivity (Wildman–Crippen MR) is 111 cm³/mol. The molecule has 0 N–H and O–H groups in total. The van der Waals surface area contributed by atoms with Crippen LogP contribution >= 0.6 is 7.26 Å². The molecule has 0 spiro atoms. The summed E-state index contributed by atoms with van der Waals surface area (Å²) >= 11 is 0. The molecule has 0 aromatic heterocycles. The Morgan fingerprint density at radius 2 is 0.913 bits per heavy atom. The normalized spacial score (nSPS) is 12.0. The first-order valence-electron chi connectivity index (χ1n) is 10.6. The molecule has 0 aliphatic heterocycles. The summed E-state index contributed by atoms with van der Waals surface area (Å²) in [5.74, 6) is 0. The largest absolute Gasteiger partial charge is 0.381 e. The minimum absolute atomic E-state index is 0.758. The molecule has 23 heavy (non-hydrogen) atoms. The van der Waals surface area contributed by atoms with Crippen molar-refractivity contribution < 1.29 is 4.74 Å². The number of hydrogen-bond acceptors (Lipinski definition) is 1. The topological polar surface area (TPSA) is 9.23 Å². The molecule has 0 aromatic rings. The van der Waals surface area contributed by atoms with Crippen LogP contribution in [0.15, 0.2) is 0 Å². The Balaban J connectivity index is 4.51. The number of unbranched alkanes of at least 4 members (excludes halogenated alkanes) is 9. The van der Waals surface area contributed by atoms with Crippen LogP contribution in [0.4, 0.5) is 0 Å². The molecule has 140 valence electrons. The van der Waals surface area contributed by atoms with Crippen molar-refractivity contribution in [2.45, 2.75) is 97.8 Å². The zero-order chi connectivity index (χ0) is 17.2. The van der Waals surface area contributed by atoms with E-state index in [1.807, 2.05) is 7.11 Å². The standard InChI is InChI=1S/C21H46OP/c1-5-8-11-14-18-23(21-17-22-4,19-15-12-9-6-2)20-16-13-10-7-3/h5-21H2,1-4H3/q+1. The maximum absolute atomic E-state index is 5.51. The van der Waals surface area contributed by atoms with Gasteiger partial charge in [0.15, 0.2) is 0 Å². The average Bonchev–Trinajstić information content (AvgIpc) is 2.57. The van der Waals surface area contributed by atoms with Crippen LogP contribution < -0.4 is 0 Å². The zero-order valence-electron chi connectivity index (χ0n) is 16.9. The quantitative estimate of drug-likeness (QED) is 0.186. The van der Waals surface area contributed by atoms with Crippen LogP contribution in [0.5, 0.6) is 0 Å². The average molecular weight is 346 g/mol. The van der Waals surface area contributed by atoms with Gasteiger partial charge in [0.1, 0.15) is 0 Å². The van der Waals surface area contributed by atoms with Crippen LogP contribution in [0.25, 0.3) is 0 Å². The second-order valence-electron chi connectivity index (χ2n) is 7.41. The van der Waals surface area contributed by atoms with Gasteiger partial charge in [-0.15, -0.1) is 0 Å². The second kappa shape index (κ2) is 17.2. The molecule has 0 heterocycles. The zero-order valence-corrected chi connectivity index (χ0v) is 17.8. The van der Waals surface area contributed by atoms with Crippen molar-refractivity contribution in [2.24, 2.45) is 0 Å². The van der Waals surface area contributed by atoms with Crippen LogP contribution in [-0.4, -0.2) is 38.4 Å². The third-order valence-corrected chi connectivity index (χ3v) is 10.2. The van der Waals surface area contributed by atoms with Crippen molar-refractivity contribution >= 4 is 7.26 Å². The fraction of sp³-hybridized carbons (Fsp3) is 1.00. The molecule has 0 atom stereocenters. The summed E-state index contributed by atoms with van der Waals surface area (Å²) in [6.45, 7) is 7.97. The summed E-state index contributed by atoms with van der Waals surface area (Å²) in [6.07, 6.45) is 23.2. The number of hydrogen-bond donors (Lipinski definition) is 0. The highest BCUT2D eigenvalue weighted by molar-refractivity contribution is 7.75. The molecule has 0 aromatic carbocycles. The number of methoxy groups -OCH3 is 1. The van der Waals surface area contributed by atoms with Gasteiger partial charge < -0.3 is 4.74 Å². The van der Waals surface area contributed by atoms with E-state index >= 15 is 0 Å². The van der Waals surface area contributed by atoms with E-state index in [0.29, 0.717) is 0 Å². The van der Waals surface area contributed by atoms with Gasteiger partial charge >= 0.3 is 0 Å². The van der Waals surface area contributed by atoms with E-state index in [9.17, 15) is 0 Å². The van der Waals surface area contributed by atoms with Crippen LogP contribution in [0.2, 0.25) is 0 Å². The molecule has 0 amide bonds. The molecule has 0 aliphatic carbocycles. The lowest BCUT2D eigenvalue weighted by atomic mass is 10.2. The van der Waals surface area contributed by atoms with E-state index < -0.39 is 7.26 Å². The van der Waals surface area contributed by atoms with E-state index in [2.05, 4.69) is 20.8 Å². The third-order valence-electron chi connectivity index (χ3n) is 5.23. The lowest BCUT2D eigenvalue weighted by Crippen LogP contribution is -2.16. The molecule has 0 bridgehead atoms. The van der Waals surface area contributed by atoms with E-state index in [-0.39, 0.29) is 0 Å². The van der Waals surface area contributed by atoms with Crippen molar-refractivity contribution in [3.63, 3.8) is 0 Å². The van der Waals surface area contributed by atoms with Gasteiger partial charge in [-0.1, -0.05) is 59.3 Å². The van der Waals surface area contributed by atoms with Crippen molar-refractivity contribution in [3.8, 4) is 0 Å². The van der Waals surface area contributed by atoms with Crippen LogP contribution in [-0.2, 0) is 4.74 Å². The summed E-state index contributed by atoms with van der Waals surface area (Å²) in [7, 11) is 1.13. The van der Waals surface area contributed by atoms with Gasteiger partial charge in [0.25, 0.3) is 0 Å². The van der Waals surface area contributed by atoms with E-state index in [0.717, 1.165) is 6.61 Å². The van der Waals surface area contributed by atoms with Gasteiger partial charge in [0.2, 0.25) is 0 Å². The molecule has 2 heteroatoms. The van der Waals surface area contributed by atoms with Gasteiger partial charge in [-0.2, -0.15) is 0 Å². The van der Waals surface area contributed by atoms with Gasteiger partial charge in [-0.25, -0.2) is 0 Å². The van der Waals surface area contributed by atoms with E-state index in [1.165, 1.54) is 83.2 Å². The van der Waals surface area contributed by atoms with Crippen molar-refractivity contribution in [1.29, 1.82) is 0 Å². The first-order valence-corrected chi connectivity index (χ1v) is 13.1. The number of rotatable bonds is 18. The SMILES string of the molecule is CCCCCC[P+](CCCCCC)(CCCCCC)CCOC. The summed E-state index contributed by atoms with van der Waals surface area (Å²) in [6, 6.07) is 0. The molecule has 0 radical (unpaired) electrons. The first kappa shape index (κ1) is 23.4. The van der Waals surface area contributed by atoms with Crippen LogP contribution in [0, 0.1) is 0 Å². The molecule has 0 fully saturated rings. The molecular weight excluding hydrogens is 299 g/mol. The Bertz CT molecular complexity index is 199. The molecule has 0 rings (SSSR count). The molecule has 0 unspecified atom stereocenters. The van der Waals surface area contributed by atoms with Gasteiger partial charge in [0, 0.05) is 14.4 Å². The van der Waals surface area contributed by atoms with Crippen LogP contribution in [0.3, 0.4) is 0 Å². The highest BCUT2D eigenvalue weighted by Gasteiger charge is 2.35. The lowest BCUT2D eigenvalue weighted by molar-refractivity contribution is 0.217. The van der Waals surface area contributed by atoms with E-state index in [1.54, 1.807) is 18.5 Å². The van der Waals surface area contributed by atoms with Crippen molar-refractivity contribution in [1.82, 2.24) is 0 Å². The summed E-state index contributed by atoms with van der Waals surface area (Å²) in [4.78, 5) is 0. The molecule has 0 aliphatic rings. The fourth-order valence-corrected chi connectivity index (χ4v) is 8.17. The smallest absolute Gasteiger partial charge is 0.0828 e. The Morgan fingerprint density at radius 3 is 1.22 bits per heavy atom. The van der Waals surface area contributed by atoms with Crippen LogP contribution in [0.1, 0.15) is 97.8 Å². The first-order chi connectivity index (χ1) is 11.2. The fourth-order valence-electron chi connectivity index (χ4n) is 3.58. The molecular formula is C21H46OP+. The Morgan fingerprint density at radius 1 is 0.522 bits per heavy atom. The number of ether oxygens (including phenoxy) is 1. The van der Waals surface area contributed by atoms with Crippen molar-refractivity contribution in [2.75, 3.05) is 38.4 Å². The Kier molecular flexibility index (Phi) is 17.5. The predicted octanol–water partition coefficient (Wildman–Crippen LogP) is 7.39. The minimum atomic E-state index is -0.758. The van der Waals surface area contributed by atoms with Gasteiger partial charge in [0.05, 0.1) is 31.3 Å². The van der Waals surface area contributed by atoms with Gasteiger partial charge in [-0.3, -0.25) is 0 Å². The van der Waals surface area contributed by atoms with Crippen molar-refractivity contribution in [3.05, 3.63) is 0 Å². The minimum Gasteiger partial charge on any atom is -0.381 e. The maximum Gasteiger partial charge on any atom is 0.0828 e. The Labute approximate surface area is 148 Å². The molecule has 0 saturated carbocycles. The third kappa shape index (κ3) is 13.4.